The Bertz CT molecular complexity index is 1000. The van der Waals surface area contributed by atoms with Crippen LogP contribution in [0, 0.1) is 10.1 Å². The summed E-state index contributed by atoms with van der Waals surface area (Å²) in [6.07, 6.45) is 8.02. The zero-order valence-electron chi connectivity index (χ0n) is 15.3. The number of piperidine rings is 1. The van der Waals surface area contributed by atoms with Gasteiger partial charge in [-0.1, -0.05) is 0 Å². The summed E-state index contributed by atoms with van der Waals surface area (Å²) >= 11 is 0. The van der Waals surface area contributed by atoms with Gasteiger partial charge in [-0.2, -0.15) is 5.10 Å². The van der Waals surface area contributed by atoms with Gasteiger partial charge in [0.25, 0.3) is 5.69 Å². The third-order valence-corrected chi connectivity index (χ3v) is 5.07. The van der Waals surface area contributed by atoms with E-state index in [1.54, 1.807) is 36.3 Å². The second kappa shape index (κ2) is 7.22. The van der Waals surface area contributed by atoms with Crippen molar-refractivity contribution >= 4 is 17.2 Å². The van der Waals surface area contributed by atoms with E-state index in [4.69, 9.17) is 0 Å². The molecule has 3 aromatic rings. The van der Waals surface area contributed by atoms with Gasteiger partial charge in [0, 0.05) is 44.2 Å². The predicted octanol–water partition coefficient (Wildman–Crippen LogP) is 1.99. The van der Waals surface area contributed by atoms with E-state index in [-0.39, 0.29) is 28.9 Å². The summed E-state index contributed by atoms with van der Waals surface area (Å²) in [5.74, 6) is -0.0947. The third-order valence-electron chi connectivity index (χ3n) is 5.07. The van der Waals surface area contributed by atoms with Crippen LogP contribution in [0.4, 0.5) is 11.4 Å². The van der Waals surface area contributed by atoms with E-state index in [1.807, 2.05) is 9.58 Å². The Balaban J connectivity index is 1.57. The van der Waals surface area contributed by atoms with Crippen molar-refractivity contribution in [3.63, 3.8) is 0 Å². The predicted molar refractivity (Wildman–Crippen MR) is 100 cm³/mol. The van der Waals surface area contributed by atoms with Crippen molar-refractivity contribution in [1.82, 2.24) is 24.3 Å². The highest BCUT2D eigenvalue weighted by atomic mass is 16.6. The van der Waals surface area contributed by atoms with Crippen molar-refractivity contribution in [3.05, 3.63) is 64.7 Å². The smallest absolute Gasteiger partial charge is 0.293 e. The Labute approximate surface area is 160 Å². The molecule has 4 rings (SSSR count). The number of aryl methyl sites for hydroxylation is 1. The first kappa shape index (κ1) is 17.8. The van der Waals surface area contributed by atoms with E-state index in [9.17, 15) is 14.9 Å². The van der Waals surface area contributed by atoms with Gasteiger partial charge in [0.15, 0.2) is 5.82 Å². The lowest BCUT2D eigenvalue weighted by molar-refractivity contribution is -0.384. The van der Waals surface area contributed by atoms with Crippen LogP contribution in [0.5, 0.6) is 0 Å². The molecule has 0 aliphatic carbocycles. The van der Waals surface area contributed by atoms with Crippen LogP contribution in [0.15, 0.2) is 43.2 Å². The second-order valence-corrected chi connectivity index (χ2v) is 6.75. The molecule has 3 heterocycles. The lowest BCUT2D eigenvalue weighted by atomic mass is 10.0. The van der Waals surface area contributed by atoms with Gasteiger partial charge in [-0.3, -0.25) is 14.9 Å². The van der Waals surface area contributed by atoms with Gasteiger partial charge in [-0.25, -0.2) is 14.6 Å². The molecule has 1 aliphatic heterocycles. The third kappa shape index (κ3) is 3.24. The highest BCUT2D eigenvalue weighted by molar-refractivity contribution is 6.07. The lowest BCUT2D eigenvalue weighted by Crippen LogP contribution is -2.35. The molecule has 10 nitrogen and oxygen atoms in total. The maximum absolute atomic E-state index is 12.6. The number of anilines is 1. The average Bonchev–Trinajstić information content (AvgIpc) is 3.39. The van der Waals surface area contributed by atoms with Crippen molar-refractivity contribution in [2.45, 2.75) is 18.9 Å². The van der Waals surface area contributed by atoms with E-state index in [2.05, 4.69) is 15.1 Å². The number of hydrogen-bond donors (Lipinski definition) is 0. The molecule has 28 heavy (non-hydrogen) atoms. The van der Waals surface area contributed by atoms with Crippen LogP contribution in [-0.4, -0.2) is 48.1 Å². The number of hydrogen-bond acceptors (Lipinski definition) is 7. The van der Waals surface area contributed by atoms with Crippen LogP contribution in [0.1, 0.15) is 35.1 Å². The summed E-state index contributed by atoms with van der Waals surface area (Å²) < 4.78 is 3.43. The fourth-order valence-electron chi connectivity index (χ4n) is 3.57. The number of nitrogens with zero attached hydrogens (tertiary/aromatic N) is 7. The summed E-state index contributed by atoms with van der Waals surface area (Å²) in [7, 11) is 1.71. The summed E-state index contributed by atoms with van der Waals surface area (Å²) in [6.45, 7) is 1.33. The molecule has 1 aromatic carbocycles. The summed E-state index contributed by atoms with van der Waals surface area (Å²) in [5, 5.41) is 15.8. The lowest BCUT2D eigenvalue weighted by Gasteiger charge is -2.33. The molecule has 144 valence electrons. The van der Waals surface area contributed by atoms with Crippen molar-refractivity contribution in [1.29, 1.82) is 0 Å². The number of carbonyl (C=O) groups excluding carboxylic acids is 1. The van der Waals surface area contributed by atoms with E-state index in [1.165, 1.54) is 18.6 Å². The largest absolute Gasteiger partial charge is 0.366 e. The van der Waals surface area contributed by atoms with Crippen LogP contribution in [0.25, 0.3) is 0 Å². The number of nitro benzene ring substituents is 1. The number of rotatable bonds is 5. The number of nitro groups is 1. The fraction of sp³-hybridized carbons (Fsp3) is 0.333. The molecule has 0 radical (unpaired) electrons. The number of carbonyl (C=O) groups is 1. The van der Waals surface area contributed by atoms with Gasteiger partial charge >= 0.3 is 0 Å². The van der Waals surface area contributed by atoms with Gasteiger partial charge in [-0.15, -0.1) is 0 Å². The second-order valence-electron chi connectivity index (χ2n) is 6.75. The van der Waals surface area contributed by atoms with Crippen LogP contribution in [0.2, 0.25) is 0 Å². The van der Waals surface area contributed by atoms with E-state index >= 15 is 0 Å². The monoisotopic (exact) mass is 381 g/mol. The number of benzene rings is 1. The Morgan fingerprint density at radius 1 is 1.29 bits per heavy atom. The van der Waals surface area contributed by atoms with Crippen LogP contribution in [0.3, 0.4) is 0 Å². The van der Waals surface area contributed by atoms with Gasteiger partial charge in [0.05, 0.1) is 11.0 Å². The molecule has 0 bridgehead atoms. The Morgan fingerprint density at radius 3 is 2.68 bits per heavy atom. The highest BCUT2D eigenvalue weighted by Gasteiger charge is 2.27. The van der Waals surface area contributed by atoms with Gasteiger partial charge in [0.1, 0.15) is 18.3 Å². The highest BCUT2D eigenvalue weighted by Crippen LogP contribution is 2.33. The fourth-order valence-corrected chi connectivity index (χ4v) is 3.57. The summed E-state index contributed by atoms with van der Waals surface area (Å²) in [5.41, 5.74) is 0.708. The molecule has 0 N–H and O–H groups in total. The number of imidazole rings is 1. The molecule has 0 amide bonds. The topological polar surface area (TPSA) is 112 Å². The van der Waals surface area contributed by atoms with Crippen LogP contribution < -0.4 is 4.90 Å². The van der Waals surface area contributed by atoms with Crippen molar-refractivity contribution in [2.24, 2.45) is 7.05 Å². The SMILES string of the molecule is Cn1ccnc1C(=O)c1ccc(N2CCC(n3cncn3)CC2)c([N+](=O)[O-])c1. The molecular weight excluding hydrogens is 362 g/mol. The molecule has 0 unspecified atom stereocenters. The minimum Gasteiger partial charge on any atom is -0.366 e. The van der Waals surface area contributed by atoms with Crippen LogP contribution in [-0.2, 0) is 7.05 Å². The standard InChI is InChI=1S/C18H19N7O3/c1-22-9-6-20-18(22)17(26)13-2-3-15(16(10-13)25(27)28)23-7-4-14(5-8-23)24-12-19-11-21-24/h2-3,6,9-12,14H,4-5,7-8H2,1H3. The zero-order chi connectivity index (χ0) is 19.7. The maximum atomic E-state index is 12.6. The van der Waals surface area contributed by atoms with Crippen LogP contribution >= 0.6 is 0 Å². The normalized spacial score (nSPS) is 15.0. The molecule has 2 aromatic heterocycles. The van der Waals surface area contributed by atoms with Crippen molar-refractivity contribution < 1.29 is 9.72 Å². The van der Waals surface area contributed by atoms with Crippen molar-refractivity contribution in [3.8, 4) is 0 Å². The molecule has 0 saturated carbocycles. The van der Waals surface area contributed by atoms with Gasteiger partial charge < -0.3 is 9.47 Å². The van der Waals surface area contributed by atoms with E-state index in [0.717, 1.165) is 12.8 Å². The first-order valence-corrected chi connectivity index (χ1v) is 8.94. The minimum absolute atomic E-state index is 0.0701. The molecule has 1 aliphatic rings. The number of ketones is 1. The van der Waals surface area contributed by atoms with E-state index in [0.29, 0.717) is 18.8 Å². The average molecular weight is 381 g/mol. The van der Waals surface area contributed by atoms with Gasteiger partial charge in [-0.05, 0) is 25.0 Å². The molecule has 0 spiro atoms. The minimum atomic E-state index is -0.436. The van der Waals surface area contributed by atoms with Crippen molar-refractivity contribution in [2.75, 3.05) is 18.0 Å². The zero-order valence-corrected chi connectivity index (χ0v) is 15.3. The Hall–Kier alpha value is -3.56. The van der Waals surface area contributed by atoms with E-state index < -0.39 is 4.92 Å². The Morgan fingerprint density at radius 2 is 2.07 bits per heavy atom. The Kier molecular flexibility index (Phi) is 4.60. The van der Waals surface area contributed by atoms with Gasteiger partial charge in [0.2, 0.25) is 5.78 Å². The quantitative estimate of drug-likeness (QED) is 0.377. The molecule has 1 fully saturated rings. The summed E-state index contributed by atoms with van der Waals surface area (Å²) in [4.78, 5) is 33.9. The molecular formula is C18H19N7O3. The number of aromatic nitrogens is 5. The maximum Gasteiger partial charge on any atom is 0.293 e. The first-order chi connectivity index (χ1) is 13.5. The molecule has 0 atom stereocenters. The first-order valence-electron chi connectivity index (χ1n) is 8.94. The summed E-state index contributed by atoms with van der Waals surface area (Å²) in [6, 6.07) is 4.87. The molecule has 10 heteroatoms. The molecule has 1 saturated heterocycles.